The van der Waals surface area contributed by atoms with Crippen LogP contribution in [0.1, 0.15) is 12.8 Å². The molecule has 0 radical (unpaired) electrons. The Morgan fingerprint density at radius 1 is 1.52 bits per heavy atom. The van der Waals surface area contributed by atoms with Crippen LogP contribution in [0.4, 0.5) is 10.8 Å². The van der Waals surface area contributed by atoms with Gasteiger partial charge in [-0.2, -0.15) is 0 Å². The molecule has 8 heteroatoms. The van der Waals surface area contributed by atoms with Crippen LogP contribution >= 0.6 is 23.7 Å². The lowest BCUT2D eigenvalue weighted by Gasteiger charge is -2.31. The van der Waals surface area contributed by atoms with Gasteiger partial charge in [-0.05, 0) is 25.5 Å². The average molecular weight is 329 g/mol. The molecule has 3 rings (SSSR count). The van der Waals surface area contributed by atoms with Crippen molar-refractivity contribution in [1.29, 1.82) is 0 Å². The van der Waals surface area contributed by atoms with Crippen LogP contribution in [0, 0.1) is 10.1 Å². The van der Waals surface area contributed by atoms with Crippen molar-refractivity contribution < 1.29 is 4.92 Å². The third kappa shape index (κ3) is 3.25. The number of thiazole rings is 1. The third-order valence-corrected chi connectivity index (χ3v) is 4.82. The van der Waals surface area contributed by atoms with Gasteiger partial charge in [0.2, 0.25) is 0 Å². The molecule has 2 heterocycles. The lowest BCUT2D eigenvalue weighted by atomic mass is 10.1. The number of likely N-dealkylation sites (N-methyl/N-ethyl adjacent to an activating group) is 1. The van der Waals surface area contributed by atoms with Crippen molar-refractivity contribution in [2.45, 2.75) is 18.9 Å². The molecule has 114 valence electrons. The lowest BCUT2D eigenvalue weighted by molar-refractivity contribution is -0.384. The van der Waals surface area contributed by atoms with E-state index in [9.17, 15) is 10.1 Å². The maximum atomic E-state index is 10.8. The van der Waals surface area contributed by atoms with Gasteiger partial charge in [0.15, 0.2) is 5.13 Å². The van der Waals surface area contributed by atoms with E-state index in [0.717, 1.165) is 29.3 Å². The Hall–Kier alpha value is -1.44. The fraction of sp³-hybridized carbons (Fsp3) is 0.462. The molecule has 0 bridgehead atoms. The summed E-state index contributed by atoms with van der Waals surface area (Å²) in [6.07, 6.45) is 2.32. The zero-order chi connectivity index (χ0) is 14.1. The van der Waals surface area contributed by atoms with Crippen molar-refractivity contribution in [3.63, 3.8) is 0 Å². The predicted molar refractivity (Wildman–Crippen MR) is 87.8 cm³/mol. The molecule has 1 fully saturated rings. The van der Waals surface area contributed by atoms with Gasteiger partial charge in [0.05, 0.1) is 15.1 Å². The lowest BCUT2D eigenvalue weighted by Crippen LogP contribution is -2.44. The van der Waals surface area contributed by atoms with Crippen LogP contribution in [0.25, 0.3) is 10.2 Å². The molecule has 1 saturated heterocycles. The maximum absolute atomic E-state index is 10.8. The molecule has 1 aliphatic rings. The second-order valence-electron chi connectivity index (χ2n) is 5.02. The molecule has 1 N–H and O–H groups in total. The van der Waals surface area contributed by atoms with Crippen LogP contribution in [0.15, 0.2) is 18.2 Å². The van der Waals surface area contributed by atoms with Gasteiger partial charge in [0.25, 0.3) is 5.69 Å². The SMILES string of the molecule is CN(c1nc2cc([N+](=O)[O-])ccc2s1)[C@@H]1CCCNC1.Cl. The van der Waals surface area contributed by atoms with Gasteiger partial charge < -0.3 is 10.2 Å². The standard InChI is InChI=1S/C13H16N4O2S.ClH/c1-16(10-3-2-6-14-8-10)13-15-11-7-9(17(18)19)4-5-12(11)20-13;/h4-5,7,10,14H,2-3,6,8H2,1H3;1H/t10-;/m1./s1. The largest absolute Gasteiger partial charge is 0.347 e. The van der Waals surface area contributed by atoms with E-state index < -0.39 is 0 Å². The quantitative estimate of drug-likeness (QED) is 0.693. The van der Waals surface area contributed by atoms with Crippen molar-refractivity contribution in [2.75, 3.05) is 25.0 Å². The Kier molecular flexibility index (Phi) is 4.97. The number of fused-ring (bicyclic) bond motifs is 1. The molecular weight excluding hydrogens is 312 g/mol. The number of nitro groups is 1. The first-order valence-corrected chi connectivity index (χ1v) is 7.45. The molecular formula is C13H17ClN4O2S. The van der Waals surface area contributed by atoms with E-state index in [-0.39, 0.29) is 23.0 Å². The molecule has 1 atom stereocenters. The number of nitrogens with zero attached hydrogens (tertiary/aromatic N) is 3. The number of halogens is 1. The highest BCUT2D eigenvalue weighted by Gasteiger charge is 2.21. The predicted octanol–water partition coefficient (Wildman–Crippen LogP) is 2.81. The highest BCUT2D eigenvalue weighted by Crippen LogP contribution is 2.32. The summed E-state index contributed by atoms with van der Waals surface area (Å²) < 4.78 is 0.987. The van der Waals surface area contributed by atoms with E-state index in [1.807, 2.05) is 7.05 Å². The van der Waals surface area contributed by atoms with Gasteiger partial charge >= 0.3 is 0 Å². The van der Waals surface area contributed by atoms with Crippen molar-refractivity contribution in [3.8, 4) is 0 Å². The minimum Gasteiger partial charge on any atom is -0.347 e. The molecule has 6 nitrogen and oxygen atoms in total. The summed E-state index contributed by atoms with van der Waals surface area (Å²) in [4.78, 5) is 17.1. The van der Waals surface area contributed by atoms with Gasteiger partial charge in [-0.3, -0.25) is 10.1 Å². The number of rotatable bonds is 3. The first-order valence-electron chi connectivity index (χ1n) is 6.63. The van der Waals surface area contributed by atoms with Gasteiger partial charge in [0, 0.05) is 31.8 Å². The molecule has 0 spiro atoms. The highest BCUT2D eigenvalue weighted by molar-refractivity contribution is 7.22. The first-order chi connectivity index (χ1) is 9.65. The summed E-state index contributed by atoms with van der Waals surface area (Å²) in [5.41, 5.74) is 0.797. The van der Waals surface area contributed by atoms with Crippen molar-refractivity contribution >= 4 is 44.8 Å². The Morgan fingerprint density at radius 3 is 3.00 bits per heavy atom. The summed E-state index contributed by atoms with van der Waals surface area (Å²) >= 11 is 1.58. The van der Waals surface area contributed by atoms with E-state index in [4.69, 9.17) is 0 Å². The minimum absolute atomic E-state index is 0. The first kappa shape index (κ1) is 15.9. The van der Waals surface area contributed by atoms with Crippen LogP contribution in [0.3, 0.4) is 0 Å². The van der Waals surface area contributed by atoms with Crippen LogP contribution < -0.4 is 10.2 Å². The van der Waals surface area contributed by atoms with Crippen LogP contribution in [0.5, 0.6) is 0 Å². The number of non-ortho nitro benzene ring substituents is 1. The summed E-state index contributed by atoms with van der Waals surface area (Å²) in [5.74, 6) is 0. The summed E-state index contributed by atoms with van der Waals surface area (Å²) in [6.45, 7) is 2.04. The second-order valence-corrected chi connectivity index (χ2v) is 6.03. The zero-order valence-electron chi connectivity index (χ0n) is 11.6. The molecule has 0 amide bonds. The van der Waals surface area contributed by atoms with E-state index >= 15 is 0 Å². The molecule has 0 saturated carbocycles. The van der Waals surface area contributed by atoms with Crippen molar-refractivity contribution in [3.05, 3.63) is 28.3 Å². The monoisotopic (exact) mass is 328 g/mol. The second kappa shape index (κ2) is 6.55. The van der Waals surface area contributed by atoms with E-state index in [2.05, 4.69) is 15.2 Å². The fourth-order valence-electron chi connectivity index (χ4n) is 2.49. The fourth-order valence-corrected chi connectivity index (χ4v) is 3.47. The highest BCUT2D eigenvalue weighted by atomic mass is 35.5. The normalized spacial score (nSPS) is 18.2. The summed E-state index contributed by atoms with van der Waals surface area (Å²) in [6, 6.07) is 5.30. The Balaban J connectivity index is 0.00000161. The number of nitrogens with one attached hydrogen (secondary N) is 1. The summed E-state index contributed by atoms with van der Waals surface area (Å²) in [7, 11) is 2.05. The van der Waals surface area contributed by atoms with Gasteiger partial charge in [-0.1, -0.05) is 11.3 Å². The Labute approximate surface area is 132 Å². The van der Waals surface area contributed by atoms with E-state index in [1.165, 1.54) is 12.5 Å². The molecule has 0 aliphatic carbocycles. The molecule has 1 aromatic carbocycles. The zero-order valence-corrected chi connectivity index (χ0v) is 13.2. The van der Waals surface area contributed by atoms with Gasteiger partial charge in [-0.25, -0.2) is 4.98 Å². The molecule has 1 aliphatic heterocycles. The number of nitro benzene ring substituents is 1. The van der Waals surface area contributed by atoms with E-state index in [0.29, 0.717) is 11.6 Å². The Bertz CT molecular complexity index is 642. The maximum Gasteiger partial charge on any atom is 0.271 e. The smallest absolute Gasteiger partial charge is 0.271 e. The van der Waals surface area contributed by atoms with Crippen LogP contribution in [0.2, 0.25) is 0 Å². The number of anilines is 1. The van der Waals surface area contributed by atoms with Crippen molar-refractivity contribution in [1.82, 2.24) is 10.3 Å². The Morgan fingerprint density at radius 2 is 2.33 bits per heavy atom. The van der Waals surface area contributed by atoms with Gasteiger partial charge in [-0.15, -0.1) is 12.4 Å². The van der Waals surface area contributed by atoms with Crippen molar-refractivity contribution in [2.24, 2.45) is 0 Å². The number of aromatic nitrogens is 1. The van der Waals surface area contributed by atoms with Gasteiger partial charge in [0.1, 0.15) is 0 Å². The molecule has 21 heavy (non-hydrogen) atoms. The topological polar surface area (TPSA) is 71.3 Å². The molecule has 1 aromatic heterocycles. The van der Waals surface area contributed by atoms with Crippen LogP contribution in [-0.2, 0) is 0 Å². The van der Waals surface area contributed by atoms with E-state index in [1.54, 1.807) is 23.5 Å². The average Bonchev–Trinajstić information content (AvgIpc) is 2.90. The number of hydrogen-bond acceptors (Lipinski definition) is 6. The number of hydrogen-bond donors (Lipinski definition) is 1. The molecule has 2 aromatic rings. The minimum atomic E-state index is -0.382. The third-order valence-electron chi connectivity index (χ3n) is 3.69. The number of piperidine rings is 1. The molecule has 0 unspecified atom stereocenters. The summed E-state index contributed by atoms with van der Waals surface area (Å²) in [5, 5.41) is 15.1. The van der Waals surface area contributed by atoms with Crippen LogP contribution in [-0.4, -0.2) is 36.1 Å². The number of benzene rings is 1.